The summed E-state index contributed by atoms with van der Waals surface area (Å²) in [6.07, 6.45) is 9.16. The van der Waals surface area contributed by atoms with Gasteiger partial charge in [0.1, 0.15) is 0 Å². The third-order valence-electron chi connectivity index (χ3n) is 3.83. The van der Waals surface area contributed by atoms with Crippen LogP contribution in [0.1, 0.15) is 38.5 Å². The molecule has 0 saturated heterocycles. The molecule has 1 fully saturated rings. The van der Waals surface area contributed by atoms with Crippen molar-refractivity contribution < 1.29 is 4.79 Å². The fourth-order valence-corrected chi connectivity index (χ4v) is 2.95. The van der Waals surface area contributed by atoms with E-state index in [1.165, 1.54) is 0 Å². The lowest BCUT2D eigenvalue weighted by atomic mass is 9.79. The number of carbonyl (C=O) groups is 1. The average molecular weight is 280 g/mol. The number of nitrogens with zero attached hydrogens (tertiary/aromatic N) is 2. The van der Waals surface area contributed by atoms with Crippen LogP contribution in [0.25, 0.3) is 0 Å². The Kier molecular flexibility index (Phi) is 4.19. The molecule has 0 spiro atoms. The molecule has 0 unspecified atom stereocenters. The molecule has 0 bridgehead atoms. The van der Waals surface area contributed by atoms with Crippen LogP contribution in [0.4, 0.5) is 5.69 Å². The summed E-state index contributed by atoms with van der Waals surface area (Å²) in [5.74, 6) is -0.0881. The maximum Gasteiger partial charge on any atom is 0.237 e. The third kappa shape index (κ3) is 2.94. The summed E-state index contributed by atoms with van der Waals surface area (Å²) in [5.41, 5.74) is 5.88. The molecule has 5 nitrogen and oxygen atoms in total. The zero-order valence-corrected chi connectivity index (χ0v) is 12.0. The number of thiocarbonyl (C=S) groups is 1. The highest BCUT2D eigenvalue weighted by molar-refractivity contribution is 7.80. The van der Waals surface area contributed by atoms with E-state index in [0.717, 1.165) is 38.5 Å². The molecule has 1 saturated carbocycles. The highest BCUT2D eigenvalue weighted by Crippen LogP contribution is 2.36. The van der Waals surface area contributed by atoms with Crippen LogP contribution in [0.5, 0.6) is 0 Å². The van der Waals surface area contributed by atoms with Crippen LogP contribution >= 0.6 is 12.2 Å². The van der Waals surface area contributed by atoms with Crippen molar-refractivity contribution in [1.29, 1.82) is 0 Å². The normalized spacial score (nSPS) is 18.6. The molecule has 1 aliphatic rings. The molecule has 2 rings (SSSR count). The Morgan fingerprint density at radius 1 is 1.42 bits per heavy atom. The lowest BCUT2D eigenvalue weighted by molar-refractivity contribution is -0.122. The van der Waals surface area contributed by atoms with Gasteiger partial charge >= 0.3 is 0 Å². The maximum absolute atomic E-state index is 12.6. The first-order valence-electron chi connectivity index (χ1n) is 6.64. The third-order valence-corrected chi connectivity index (χ3v) is 4.22. The van der Waals surface area contributed by atoms with Crippen LogP contribution in [0.3, 0.4) is 0 Å². The molecular formula is C13H20N4OS. The molecule has 104 valence electrons. The molecule has 1 aliphatic carbocycles. The number of nitrogens with one attached hydrogen (secondary N) is 1. The Labute approximate surface area is 118 Å². The van der Waals surface area contributed by atoms with E-state index >= 15 is 0 Å². The second kappa shape index (κ2) is 5.69. The number of nitrogens with two attached hydrogens (primary N) is 1. The van der Waals surface area contributed by atoms with E-state index in [0.29, 0.717) is 10.7 Å². The molecule has 1 aromatic rings. The Morgan fingerprint density at radius 2 is 2.05 bits per heavy atom. The number of amides is 1. The number of hydrogen-bond acceptors (Lipinski definition) is 3. The summed E-state index contributed by atoms with van der Waals surface area (Å²) >= 11 is 5.18. The van der Waals surface area contributed by atoms with Crippen LogP contribution in [0.2, 0.25) is 0 Å². The Balaban J connectivity index is 2.18. The minimum atomic E-state index is -0.693. The van der Waals surface area contributed by atoms with Crippen LogP contribution in [0, 0.1) is 5.41 Å². The van der Waals surface area contributed by atoms with Crippen molar-refractivity contribution in [2.75, 3.05) is 5.32 Å². The van der Waals surface area contributed by atoms with Crippen molar-refractivity contribution in [3.63, 3.8) is 0 Å². The van der Waals surface area contributed by atoms with Gasteiger partial charge in [-0.25, -0.2) is 0 Å². The molecule has 0 atom stereocenters. The summed E-state index contributed by atoms with van der Waals surface area (Å²) in [7, 11) is 1.81. The van der Waals surface area contributed by atoms with Gasteiger partial charge in [0.15, 0.2) is 0 Å². The number of aromatic nitrogens is 2. The van der Waals surface area contributed by atoms with Gasteiger partial charge in [0.2, 0.25) is 5.91 Å². The van der Waals surface area contributed by atoms with Crippen molar-refractivity contribution in [2.24, 2.45) is 18.2 Å². The van der Waals surface area contributed by atoms with Crippen molar-refractivity contribution in [3.05, 3.63) is 12.4 Å². The second-order valence-corrected chi connectivity index (χ2v) is 5.66. The van der Waals surface area contributed by atoms with Crippen LogP contribution in [-0.4, -0.2) is 20.7 Å². The van der Waals surface area contributed by atoms with Crippen LogP contribution in [-0.2, 0) is 11.8 Å². The number of hydrogen-bond donors (Lipinski definition) is 2. The Bertz CT molecular complexity index is 475. The lowest BCUT2D eigenvalue weighted by Gasteiger charge is -2.29. The standard InChI is InChI=1S/C13H20N4OS/c1-17-9-10(8-15-17)16-12(18)13(11(14)19)6-4-2-3-5-7-13/h8-9H,2-7H2,1H3,(H2,14,19)(H,16,18). The first-order chi connectivity index (χ1) is 9.04. The van der Waals surface area contributed by atoms with Crippen molar-refractivity contribution in [1.82, 2.24) is 9.78 Å². The summed E-state index contributed by atoms with van der Waals surface area (Å²) < 4.78 is 1.65. The van der Waals surface area contributed by atoms with E-state index in [1.807, 2.05) is 7.05 Å². The van der Waals surface area contributed by atoms with E-state index in [4.69, 9.17) is 18.0 Å². The smallest absolute Gasteiger partial charge is 0.237 e. The van der Waals surface area contributed by atoms with Gasteiger partial charge in [-0.2, -0.15) is 5.10 Å². The van der Waals surface area contributed by atoms with Gasteiger partial charge in [-0.15, -0.1) is 0 Å². The van der Waals surface area contributed by atoms with Gasteiger partial charge in [0, 0.05) is 13.2 Å². The average Bonchev–Trinajstić information content (AvgIpc) is 2.65. The summed E-state index contributed by atoms with van der Waals surface area (Å²) in [6, 6.07) is 0. The molecule has 3 N–H and O–H groups in total. The zero-order chi connectivity index (χ0) is 13.9. The highest BCUT2D eigenvalue weighted by Gasteiger charge is 2.41. The minimum absolute atomic E-state index is 0.0881. The molecule has 19 heavy (non-hydrogen) atoms. The van der Waals surface area contributed by atoms with Crippen molar-refractivity contribution >= 4 is 28.8 Å². The summed E-state index contributed by atoms with van der Waals surface area (Å²) in [5, 5.41) is 6.93. The summed E-state index contributed by atoms with van der Waals surface area (Å²) in [6.45, 7) is 0. The molecule has 0 aliphatic heterocycles. The van der Waals surface area contributed by atoms with E-state index < -0.39 is 5.41 Å². The SMILES string of the molecule is Cn1cc(NC(=O)C2(C(N)=S)CCCCCC2)cn1. The molecule has 1 heterocycles. The van der Waals surface area contributed by atoms with Crippen molar-refractivity contribution in [3.8, 4) is 0 Å². The molecule has 6 heteroatoms. The second-order valence-electron chi connectivity index (χ2n) is 5.22. The largest absolute Gasteiger partial charge is 0.392 e. The zero-order valence-electron chi connectivity index (χ0n) is 11.2. The number of rotatable bonds is 3. The van der Waals surface area contributed by atoms with Gasteiger partial charge in [-0.1, -0.05) is 37.9 Å². The van der Waals surface area contributed by atoms with Gasteiger partial charge in [0.05, 0.1) is 22.3 Å². The van der Waals surface area contributed by atoms with E-state index in [1.54, 1.807) is 17.1 Å². The maximum atomic E-state index is 12.6. The summed E-state index contributed by atoms with van der Waals surface area (Å²) in [4.78, 5) is 12.9. The van der Waals surface area contributed by atoms with E-state index in [2.05, 4.69) is 10.4 Å². The van der Waals surface area contributed by atoms with Crippen LogP contribution < -0.4 is 11.1 Å². The molecular weight excluding hydrogens is 260 g/mol. The Morgan fingerprint density at radius 3 is 2.53 bits per heavy atom. The van der Waals surface area contributed by atoms with Gasteiger partial charge in [-0.05, 0) is 12.8 Å². The molecule has 1 amide bonds. The van der Waals surface area contributed by atoms with E-state index in [-0.39, 0.29) is 5.91 Å². The highest BCUT2D eigenvalue weighted by atomic mass is 32.1. The first-order valence-corrected chi connectivity index (χ1v) is 7.05. The Hall–Kier alpha value is -1.43. The fraction of sp³-hybridized carbons (Fsp3) is 0.615. The monoisotopic (exact) mass is 280 g/mol. The topological polar surface area (TPSA) is 72.9 Å². The number of anilines is 1. The van der Waals surface area contributed by atoms with Crippen molar-refractivity contribution in [2.45, 2.75) is 38.5 Å². The number of carbonyl (C=O) groups excluding carboxylic acids is 1. The first kappa shape index (κ1) is 14.0. The van der Waals surface area contributed by atoms with Gasteiger partial charge in [0.25, 0.3) is 0 Å². The predicted octanol–water partition coefficient (Wildman–Crippen LogP) is 1.99. The fourth-order valence-electron chi connectivity index (χ4n) is 2.65. The number of aryl methyl sites for hydroxylation is 1. The lowest BCUT2D eigenvalue weighted by Crippen LogP contribution is -2.45. The van der Waals surface area contributed by atoms with Crippen LogP contribution in [0.15, 0.2) is 12.4 Å². The molecule has 1 aromatic heterocycles. The van der Waals surface area contributed by atoms with E-state index in [9.17, 15) is 4.79 Å². The quantitative estimate of drug-likeness (QED) is 0.656. The minimum Gasteiger partial charge on any atom is -0.392 e. The molecule has 0 aromatic carbocycles. The predicted molar refractivity (Wildman–Crippen MR) is 78.8 cm³/mol. The molecule has 0 radical (unpaired) electrons. The van der Waals surface area contributed by atoms with Gasteiger partial charge < -0.3 is 11.1 Å². The van der Waals surface area contributed by atoms with Gasteiger partial charge in [-0.3, -0.25) is 9.48 Å².